The van der Waals surface area contributed by atoms with Gasteiger partial charge in [0, 0.05) is 12.1 Å². The van der Waals surface area contributed by atoms with Crippen molar-refractivity contribution in [3.63, 3.8) is 0 Å². The number of fused-ring (bicyclic) bond motifs is 1. The fourth-order valence-corrected chi connectivity index (χ4v) is 2.76. The molecule has 0 aromatic heterocycles. The lowest BCUT2D eigenvalue weighted by Crippen LogP contribution is -2.37. The molecule has 12 heavy (non-hydrogen) atoms. The quantitative estimate of drug-likeness (QED) is 0.583. The van der Waals surface area contributed by atoms with Gasteiger partial charge in [0.25, 0.3) is 0 Å². The number of halogens is 1. The Morgan fingerprint density at radius 2 is 2.50 bits per heavy atom. The molecule has 0 amide bonds. The molecular formula is C10H16FN. The van der Waals surface area contributed by atoms with Gasteiger partial charge in [0.2, 0.25) is 0 Å². The van der Waals surface area contributed by atoms with Crippen molar-refractivity contribution in [3.8, 4) is 0 Å². The van der Waals surface area contributed by atoms with Crippen LogP contribution in [0.3, 0.4) is 0 Å². The van der Waals surface area contributed by atoms with Gasteiger partial charge in [-0.1, -0.05) is 6.92 Å². The van der Waals surface area contributed by atoms with Crippen LogP contribution in [-0.2, 0) is 0 Å². The van der Waals surface area contributed by atoms with Crippen molar-refractivity contribution in [2.24, 2.45) is 0 Å². The summed E-state index contributed by atoms with van der Waals surface area (Å²) >= 11 is 0. The molecule has 2 aliphatic rings. The maximum absolute atomic E-state index is 12.3. The van der Waals surface area contributed by atoms with Gasteiger partial charge in [-0.05, 0) is 37.8 Å². The van der Waals surface area contributed by atoms with Gasteiger partial charge in [0.1, 0.15) is 0 Å². The zero-order chi connectivity index (χ0) is 8.60. The highest BCUT2D eigenvalue weighted by Crippen LogP contribution is 2.43. The molecule has 68 valence electrons. The minimum Gasteiger partial charge on any atom is -0.293 e. The number of hydrogen-bond donors (Lipinski definition) is 0. The third-order valence-electron chi connectivity index (χ3n) is 3.50. The summed E-state index contributed by atoms with van der Waals surface area (Å²) < 4.78 is 12.3. The Labute approximate surface area is 73.2 Å². The van der Waals surface area contributed by atoms with E-state index in [-0.39, 0.29) is 0 Å². The van der Waals surface area contributed by atoms with Gasteiger partial charge >= 0.3 is 0 Å². The average molecular weight is 169 g/mol. The first kappa shape index (κ1) is 8.24. The van der Waals surface area contributed by atoms with Crippen molar-refractivity contribution in [1.29, 1.82) is 0 Å². The summed E-state index contributed by atoms with van der Waals surface area (Å²) in [6.45, 7) is 4.27. The molecule has 1 nitrogen and oxygen atoms in total. The molecule has 0 bridgehead atoms. The molecule has 2 fully saturated rings. The summed E-state index contributed by atoms with van der Waals surface area (Å²) in [4.78, 5) is 2.46. The SMILES string of the molecule is CCC12CCCN1C/C(=C/F)C2. The summed E-state index contributed by atoms with van der Waals surface area (Å²) in [5.74, 6) is 0. The number of hydrogen-bond acceptors (Lipinski definition) is 1. The van der Waals surface area contributed by atoms with Crippen molar-refractivity contribution < 1.29 is 4.39 Å². The van der Waals surface area contributed by atoms with E-state index in [2.05, 4.69) is 11.8 Å². The van der Waals surface area contributed by atoms with Crippen LogP contribution in [0.2, 0.25) is 0 Å². The normalized spacial score (nSPS) is 39.3. The average Bonchev–Trinajstić information content (AvgIpc) is 2.58. The first-order chi connectivity index (χ1) is 5.80. The summed E-state index contributed by atoms with van der Waals surface area (Å²) in [5.41, 5.74) is 1.34. The molecule has 2 heteroatoms. The zero-order valence-corrected chi connectivity index (χ0v) is 7.65. The summed E-state index contributed by atoms with van der Waals surface area (Å²) in [7, 11) is 0. The molecule has 0 aliphatic carbocycles. The standard InChI is InChI=1S/C10H16FN/c1-2-10-4-3-5-12(10)8-9(6-10)7-11/h7H,2-6,8H2,1H3/b9-7+. The van der Waals surface area contributed by atoms with E-state index in [4.69, 9.17) is 0 Å². The van der Waals surface area contributed by atoms with E-state index in [0.717, 1.165) is 24.9 Å². The van der Waals surface area contributed by atoms with Crippen LogP contribution >= 0.6 is 0 Å². The predicted molar refractivity (Wildman–Crippen MR) is 47.6 cm³/mol. The van der Waals surface area contributed by atoms with E-state index in [1.54, 1.807) is 0 Å². The van der Waals surface area contributed by atoms with Crippen molar-refractivity contribution in [1.82, 2.24) is 4.90 Å². The lowest BCUT2D eigenvalue weighted by molar-refractivity contribution is 0.189. The van der Waals surface area contributed by atoms with Crippen molar-refractivity contribution in [3.05, 3.63) is 11.9 Å². The second-order valence-corrected chi connectivity index (χ2v) is 4.05. The summed E-state index contributed by atoms with van der Waals surface area (Å²) in [6, 6.07) is 0. The first-order valence-corrected chi connectivity index (χ1v) is 4.84. The van der Waals surface area contributed by atoms with Gasteiger partial charge in [-0.15, -0.1) is 0 Å². The fraction of sp³-hybridized carbons (Fsp3) is 0.800. The highest BCUT2D eigenvalue weighted by molar-refractivity contribution is 5.18. The van der Waals surface area contributed by atoms with Crippen LogP contribution in [0.4, 0.5) is 4.39 Å². The van der Waals surface area contributed by atoms with Crippen LogP contribution in [0.5, 0.6) is 0 Å². The third kappa shape index (κ3) is 1.01. The van der Waals surface area contributed by atoms with Crippen molar-refractivity contribution in [2.75, 3.05) is 13.1 Å². The van der Waals surface area contributed by atoms with Crippen molar-refractivity contribution in [2.45, 2.75) is 38.1 Å². The Kier molecular flexibility index (Phi) is 1.95. The molecule has 2 saturated heterocycles. The molecule has 2 heterocycles. The van der Waals surface area contributed by atoms with Crippen LogP contribution in [-0.4, -0.2) is 23.5 Å². The van der Waals surface area contributed by atoms with Crippen molar-refractivity contribution >= 4 is 0 Å². The number of rotatable bonds is 1. The minimum absolute atomic E-state index is 0.345. The maximum atomic E-state index is 12.3. The topological polar surface area (TPSA) is 3.24 Å². The highest BCUT2D eigenvalue weighted by Gasteiger charge is 2.44. The Morgan fingerprint density at radius 1 is 1.67 bits per heavy atom. The largest absolute Gasteiger partial charge is 0.293 e. The van der Waals surface area contributed by atoms with Gasteiger partial charge in [0.05, 0.1) is 6.33 Å². The Hall–Kier alpha value is -0.370. The molecule has 0 N–H and O–H groups in total. The lowest BCUT2D eigenvalue weighted by atomic mass is 9.90. The monoisotopic (exact) mass is 169 g/mol. The zero-order valence-electron chi connectivity index (χ0n) is 7.65. The van der Waals surface area contributed by atoms with Gasteiger partial charge in [-0.3, -0.25) is 4.90 Å². The van der Waals surface area contributed by atoms with E-state index in [1.807, 2.05) is 0 Å². The maximum Gasteiger partial charge on any atom is 0.0872 e. The van der Waals surface area contributed by atoms with Gasteiger partial charge < -0.3 is 0 Å². The summed E-state index contributed by atoms with van der Waals surface area (Å²) in [6.07, 6.45) is 5.52. The smallest absolute Gasteiger partial charge is 0.0872 e. The molecule has 0 aromatic carbocycles. The van der Waals surface area contributed by atoms with E-state index in [1.165, 1.54) is 25.8 Å². The second kappa shape index (κ2) is 2.84. The van der Waals surface area contributed by atoms with Crippen LogP contribution in [0, 0.1) is 0 Å². The van der Waals surface area contributed by atoms with Crippen LogP contribution in [0.1, 0.15) is 32.6 Å². The highest BCUT2D eigenvalue weighted by atomic mass is 19.1. The van der Waals surface area contributed by atoms with Crippen LogP contribution in [0.25, 0.3) is 0 Å². The lowest BCUT2D eigenvalue weighted by Gasteiger charge is -2.29. The van der Waals surface area contributed by atoms with Gasteiger partial charge in [-0.2, -0.15) is 0 Å². The third-order valence-corrected chi connectivity index (χ3v) is 3.50. The molecule has 1 unspecified atom stereocenters. The first-order valence-electron chi connectivity index (χ1n) is 4.84. The number of nitrogens with zero attached hydrogens (tertiary/aromatic N) is 1. The van der Waals surface area contributed by atoms with Crippen LogP contribution < -0.4 is 0 Å². The van der Waals surface area contributed by atoms with Crippen LogP contribution in [0.15, 0.2) is 11.9 Å². The molecule has 2 rings (SSSR count). The predicted octanol–water partition coefficient (Wildman–Crippen LogP) is 2.49. The van der Waals surface area contributed by atoms with Gasteiger partial charge in [0.15, 0.2) is 0 Å². The van der Waals surface area contributed by atoms with E-state index in [0.29, 0.717) is 5.54 Å². The molecule has 0 radical (unpaired) electrons. The molecular weight excluding hydrogens is 153 g/mol. The molecule has 0 spiro atoms. The van der Waals surface area contributed by atoms with E-state index in [9.17, 15) is 4.39 Å². The molecule has 1 atom stereocenters. The Balaban J connectivity index is 2.20. The summed E-state index contributed by atoms with van der Waals surface area (Å²) in [5, 5.41) is 0. The Bertz CT molecular complexity index is 212. The molecule has 0 aromatic rings. The molecule has 0 saturated carbocycles. The fourth-order valence-electron chi connectivity index (χ4n) is 2.76. The minimum atomic E-state index is 0.345. The van der Waals surface area contributed by atoms with Gasteiger partial charge in [-0.25, -0.2) is 4.39 Å². The van der Waals surface area contributed by atoms with E-state index < -0.39 is 0 Å². The second-order valence-electron chi connectivity index (χ2n) is 4.05. The van der Waals surface area contributed by atoms with E-state index >= 15 is 0 Å². The Morgan fingerprint density at radius 3 is 3.08 bits per heavy atom. The molecule has 2 aliphatic heterocycles.